The summed E-state index contributed by atoms with van der Waals surface area (Å²) in [5.74, 6) is -0.568. The van der Waals surface area contributed by atoms with Crippen molar-refractivity contribution in [3.05, 3.63) is 59.7 Å². The lowest BCUT2D eigenvalue weighted by molar-refractivity contribution is 0.623. The molecule has 0 amide bonds. The molecule has 0 aromatic heterocycles. The van der Waals surface area contributed by atoms with Crippen LogP contribution in [-0.4, -0.2) is 0 Å². The van der Waals surface area contributed by atoms with Crippen LogP contribution in [0.4, 0.5) is 8.78 Å². The van der Waals surface area contributed by atoms with Crippen LogP contribution in [0.3, 0.4) is 0 Å². The monoisotopic (exact) mass is 251 g/mol. The summed E-state index contributed by atoms with van der Waals surface area (Å²) in [6.45, 7) is 0.279. The third kappa shape index (κ3) is 3.05. The molecule has 2 rings (SSSR count). The van der Waals surface area contributed by atoms with Gasteiger partial charge < -0.3 is 5.73 Å². The van der Waals surface area contributed by atoms with Crippen LogP contribution in [0, 0.1) is 11.6 Å². The molecule has 0 spiro atoms. The molecule has 0 aliphatic rings. The molecule has 0 unspecified atom stereocenters. The van der Waals surface area contributed by atoms with Crippen molar-refractivity contribution in [1.29, 1.82) is 0 Å². The number of benzene rings is 2. The molecule has 0 saturated heterocycles. The second-order valence-corrected chi connectivity index (χ2v) is 4.63. The first kappa shape index (κ1) is 12.1. The molecule has 0 bridgehead atoms. The van der Waals surface area contributed by atoms with Crippen molar-refractivity contribution in [3.8, 4) is 0 Å². The Morgan fingerprint density at radius 3 is 2.24 bits per heavy atom. The van der Waals surface area contributed by atoms with Crippen molar-refractivity contribution in [2.45, 2.75) is 16.3 Å². The Kier molecular flexibility index (Phi) is 3.76. The summed E-state index contributed by atoms with van der Waals surface area (Å²) in [4.78, 5) is 1.79. The quantitative estimate of drug-likeness (QED) is 0.902. The minimum atomic E-state index is -0.297. The predicted molar refractivity (Wildman–Crippen MR) is 64.8 cm³/mol. The Morgan fingerprint density at radius 2 is 1.59 bits per heavy atom. The zero-order valence-corrected chi connectivity index (χ0v) is 9.81. The highest BCUT2D eigenvalue weighted by atomic mass is 32.2. The van der Waals surface area contributed by atoms with Gasteiger partial charge in [0.15, 0.2) is 0 Å². The molecule has 0 atom stereocenters. The summed E-state index contributed by atoms with van der Waals surface area (Å²) in [7, 11) is 0. The number of nitrogens with two attached hydrogens (primary N) is 1. The van der Waals surface area contributed by atoms with E-state index in [9.17, 15) is 8.78 Å². The molecule has 0 saturated carbocycles. The molecular weight excluding hydrogens is 240 g/mol. The zero-order valence-electron chi connectivity index (χ0n) is 8.99. The minimum absolute atomic E-state index is 0.271. The average molecular weight is 251 g/mol. The fourth-order valence-corrected chi connectivity index (χ4v) is 2.37. The first-order valence-electron chi connectivity index (χ1n) is 5.11. The van der Waals surface area contributed by atoms with Gasteiger partial charge in [0.2, 0.25) is 0 Å². The lowest BCUT2D eigenvalue weighted by Gasteiger charge is -2.07. The maximum absolute atomic E-state index is 13.0. The molecule has 1 nitrogen and oxygen atoms in total. The van der Waals surface area contributed by atoms with E-state index < -0.39 is 0 Å². The van der Waals surface area contributed by atoms with Gasteiger partial charge in [-0.3, -0.25) is 0 Å². The molecule has 88 valence electrons. The summed E-state index contributed by atoms with van der Waals surface area (Å²) in [6.07, 6.45) is 0. The number of rotatable bonds is 3. The van der Waals surface area contributed by atoms with E-state index in [1.807, 2.05) is 0 Å². The van der Waals surface area contributed by atoms with Crippen LogP contribution >= 0.6 is 11.8 Å². The summed E-state index contributed by atoms with van der Waals surface area (Å²) in [6, 6.07) is 10.7. The Balaban J connectivity index is 2.26. The SMILES string of the molecule is NCc1cc(F)ccc1Sc1ccc(F)cc1. The van der Waals surface area contributed by atoms with E-state index in [4.69, 9.17) is 5.73 Å². The summed E-state index contributed by atoms with van der Waals surface area (Å²) < 4.78 is 25.8. The maximum atomic E-state index is 13.0. The molecule has 0 fully saturated rings. The van der Waals surface area contributed by atoms with Crippen LogP contribution in [0.15, 0.2) is 52.3 Å². The van der Waals surface area contributed by atoms with Crippen LogP contribution in [0.25, 0.3) is 0 Å². The van der Waals surface area contributed by atoms with Gasteiger partial charge in [-0.15, -0.1) is 0 Å². The van der Waals surface area contributed by atoms with E-state index in [2.05, 4.69) is 0 Å². The molecule has 2 N–H and O–H groups in total. The topological polar surface area (TPSA) is 26.0 Å². The van der Waals surface area contributed by atoms with Gasteiger partial charge in [-0.05, 0) is 48.0 Å². The molecule has 2 aromatic rings. The van der Waals surface area contributed by atoms with Gasteiger partial charge in [0.25, 0.3) is 0 Å². The highest BCUT2D eigenvalue weighted by Crippen LogP contribution is 2.30. The minimum Gasteiger partial charge on any atom is -0.326 e. The lowest BCUT2D eigenvalue weighted by atomic mass is 10.2. The first-order chi connectivity index (χ1) is 8.19. The largest absolute Gasteiger partial charge is 0.326 e. The Morgan fingerprint density at radius 1 is 0.941 bits per heavy atom. The highest BCUT2D eigenvalue weighted by Gasteiger charge is 2.05. The van der Waals surface area contributed by atoms with Crippen LogP contribution in [0.5, 0.6) is 0 Å². The molecule has 4 heteroatoms. The third-order valence-electron chi connectivity index (χ3n) is 2.28. The van der Waals surface area contributed by atoms with Crippen molar-refractivity contribution in [2.24, 2.45) is 5.73 Å². The Labute approximate surface area is 103 Å². The van der Waals surface area contributed by atoms with E-state index in [1.165, 1.54) is 36.0 Å². The summed E-state index contributed by atoms with van der Waals surface area (Å²) >= 11 is 1.44. The molecular formula is C13H11F2NS. The standard InChI is InChI=1S/C13H11F2NS/c14-10-1-4-12(5-2-10)17-13-6-3-11(15)7-9(13)8-16/h1-7H,8,16H2. The van der Waals surface area contributed by atoms with Crippen LogP contribution in [0.1, 0.15) is 5.56 Å². The second-order valence-electron chi connectivity index (χ2n) is 3.51. The van der Waals surface area contributed by atoms with Gasteiger partial charge in [0.05, 0.1) is 0 Å². The molecule has 0 aliphatic heterocycles. The van der Waals surface area contributed by atoms with Gasteiger partial charge in [-0.2, -0.15) is 0 Å². The summed E-state index contributed by atoms with van der Waals surface area (Å²) in [5.41, 5.74) is 6.31. The van der Waals surface area contributed by atoms with Crippen LogP contribution in [-0.2, 0) is 6.54 Å². The van der Waals surface area contributed by atoms with Gasteiger partial charge >= 0.3 is 0 Å². The van der Waals surface area contributed by atoms with Gasteiger partial charge in [-0.25, -0.2) is 8.78 Å². The van der Waals surface area contributed by atoms with Crippen molar-refractivity contribution in [3.63, 3.8) is 0 Å². The molecule has 0 heterocycles. The average Bonchev–Trinajstić information content (AvgIpc) is 2.34. The van der Waals surface area contributed by atoms with Crippen molar-refractivity contribution in [1.82, 2.24) is 0 Å². The van der Waals surface area contributed by atoms with Gasteiger partial charge in [0, 0.05) is 16.3 Å². The second kappa shape index (κ2) is 5.29. The number of hydrogen-bond donors (Lipinski definition) is 1. The number of hydrogen-bond acceptors (Lipinski definition) is 2. The fourth-order valence-electron chi connectivity index (χ4n) is 1.44. The van der Waals surface area contributed by atoms with Crippen LogP contribution in [0.2, 0.25) is 0 Å². The highest BCUT2D eigenvalue weighted by molar-refractivity contribution is 7.99. The van der Waals surface area contributed by atoms with E-state index in [1.54, 1.807) is 18.2 Å². The normalized spacial score (nSPS) is 10.5. The molecule has 17 heavy (non-hydrogen) atoms. The first-order valence-corrected chi connectivity index (χ1v) is 5.92. The third-order valence-corrected chi connectivity index (χ3v) is 3.41. The van der Waals surface area contributed by atoms with Crippen molar-refractivity contribution < 1.29 is 8.78 Å². The van der Waals surface area contributed by atoms with E-state index in [-0.39, 0.29) is 18.2 Å². The van der Waals surface area contributed by atoms with E-state index in [0.717, 1.165) is 15.4 Å². The van der Waals surface area contributed by atoms with E-state index in [0.29, 0.717) is 0 Å². The lowest BCUT2D eigenvalue weighted by Crippen LogP contribution is -1.98. The maximum Gasteiger partial charge on any atom is 0.123 e. The Bertz CT molecular complexity index is 511. The predicted octanol–water partition coefficient (Wildman–Crippen LogP) is 3.57. The van der Waals surface area contributed by atoms with Crippen molar-refractivity contribution >= 4 is 11.8 Å². The fraction of sp³-hybridized carbons (Fsp3) is 0.0769. The smallest absolute Gasteiger partial charge is 0.123 e. The van der Waals surface area contributed by atoms with E-state index >= 15 is 0 Å². The molecule has 0 aliphatic carbocycles. The van der Waals surface area contributed by atoms with Gasteiger partial charge in [0.1, 0.15) is 11.6 Å². The zero-order chi connectivity index (χ0) is 12.3. The Hall–Kier alpha value is -1.39. The number of halogens is 2. The van der Waals surface area contributed by atoms with Crippen molar-refractivity contribution in [2.75, 3.05) is 0 Å². The summed E-state index contributed by atoms with van der Waals surface area (Å²) in [5, 5.41) is 0. The molecule has 0 radical (unpaired) electrons. The molecule has 2 aromatic carbocycles. The van der Waals surface area contributed by atoms with Gasteiger partial charge in [-0.1, -0.05) is 11.8 Å². The van der Waals surface area contributed by atoms with Crippen LogP contribution < -0.4 is 5.73 Å².